The van der Waals surface area contributed by atoms with E-state index in [1.807, 2.05) is 21.1 Å². The third-order valence-corrected chi connectivity index (χ3v) is 5.35. The second-order valence-corrected chi connectivity index (χ2v) is 11.4. The van der Waals surface area contributed by atoms with Gasteiger partial charge >= 0.3 is 5.97 Å². The van der Waals surface area contributed by atoms with E-state index < -0.39 is 0 Å². The lowest BCUT2D eigenvalue weighted by atomic mass is 10.1. The molecule has 0 heterocycles. The second kappa shape index (κ2) is 15.1. The largest absolute Gasteiger partial charge is 0.387 e. The molecule has 0 aromatic heterocycles. The minimum atomic E-state index is -0.147. The van der Waals surface area contributed by atoms with Crippen LogP contribution in [-0.2, 0) is 13.8 Å². The molecule has 0 radical (unpaired) electrons. The Balaban J connectivity index is 3.48. The maximum atomic E-state index is 11.8. The van der Waals surface area contributed by atoms with Crippen LogP contribution in [0.15, 0.2) is 0 Å². The van der Waals surface area contributed by atoms with Crippen LogP contribution in [0.1, 0.15) is 64.7 Å². The zero-order chi connectivity index (χ0) is 22.3. The summed E-state index contributed by atoms with van der Waals surface area (Å²) in [5.41, 5.74) is 0. The quantitative estimate of drug-likeness (QED) is 0.216. The van der Waals surface area contributed by atoms with E-state index in [0.717, 1.165) is 49.7 Å². The van der Waals surface area contributed by atoms with E-state index >= 15 is 0 Å². The molecule has 0 aliphatic heterocycles. The van der Waals surface area contributed by atoms with Crippen molar-refractivity contribution in [1.29, 1.82) is 0 Å². The smallest absolute Gasteiger partial charge is 0.373 e. The van der Waals surface area contributed by atoms with Gasteiger partial charge in [-0.05, 0) is 12.8 Å². The monoisotopic (exact) mass is 433 g/mol. The zero-order valence-corrected chi connectivity index (χ0v) is 20.9. The first kappa shape index (κ1) is 28.2. The fourth-order valence-electron chi connectivity index (χ4n) is 2.89. The van der Waals surface area contributed by atoms with Crippen molar-refractivity contribution in [1.82, 2.24) is 5.32 Å². The Kier molecular flexibility index (Phi) is 14.7. The summed E-state index contributed by atoms with van der Waals surface area (Å²) >= 11 is 1.30. The molecule has 7 heteroatoms. The van der Waals surface area contributed by atoms with Crippen LogP contribution < -0.4 is 5.32 Å². The van der Waals surface area contributed by atoms with Crippen molar-refractivity contribution in [2.24, 2.45) is 0 Å². The number of carbonyl (C=O) groups is 2. The molecule has 0 rings (SSSR count). The Morgan fingerprint density at radius 1 is 0.862 bits per heavy atom. The summed E-state index contributed by atoms with van der Waals surface area (Å²) < 4.78 is 6.82. The summed E-state index contributed by atoms with van der Waals surface area (Å²) in [6.45, 7) is 4.38. The Hall–Kier alpha value is -0.790. The Bertz CT molecular complexity index is 459. The maximum Gasteiger partial charge on any atom is 0.373 e. The van der Waals surface area contributed by atoms with Gasteiger partial charge in [-0.15, -0.1) is 0 Å². The molecule has 1 atom stereocenters. The summed E-state index contributed by atoms with van der Waals surface area (Å²) in [5.74, 6) is 0.0452. The van der Waals surface area contributed by atoms with Crippen molar-refractivity contribution in [3.05, 3.63) is 0 Å². The van der Waals surface area contributed by atoms with Gasteiger partial charge in [0, 0.05) is 24.6 Å². The number of carbonyl (C=O) groups excluding carboxylic acids is 2. The molecule has 1 unspecified atom stereocenters. The van der Waals surface area contributed by atoms with Gasteiger partial charge in [0.15, 0.2) is 6.54 Å². The summed E-state index contributed by atoms with van der Waals surface area (Å²) in [6, 6.07) is 0. The first-order chi connectivity index (χ1) is 13.4. The van der Waals surface area contributed by atoms with Crippen molar-refractivity contribution in [3.8, 4) is 0 Å². The number of nitrogens with one attached hydrogen (secondary N) is 1. The molecular formula is C22H47N3O3S+2. The van der Waals surface area contributed by atoms with Gasteiger partial charge in [0.2, 0.25) is 5.91 Å². The number of hydrogen-bond donors (Lipinski definition) is 1. The topological polar surface area (TPSA) is 55.4 Å². The summed E-state index contributed by atoms with van der Waals surface area (Å²) in [5, 5.41) is 3.36. The van der Waals surface area contributed by atoms with Crippen LogP contribution in [0.5, 0.6) is 0 Å². The van der Waals surface area contributed by atoms with Gasteiger partial charge in [0.05, 0.1) is 60.9 Å². The molecule has 0 saturated heterocycles. The summed E-state index contributed by atoms with van der Waals surface area (Å²) in [7, 11) is 12.5. The van der Waals surface area contributed by atoms with Crippen LogP contribution >= 0.6 is 12.0 Å². The number of quaternary nitrogens is 2. The van der Waals surface area contributed by atoms with Gasteiger partial charge < -0.3 is 18.5 Å². The molecule has 172 valence electrons. The summed E-state index contributed by atoms with van der Waals surface area (Å²) in [6.07, 6.45) is 9.62. The van der Waals surface area contributed by atoms with Crippen LogP contribution in [0, 0.1) is 0 Å². The predicted octanol–water partition coefficient (Wildman–Crippen LogP) is 3.61. The van der Waals surface area contributed by atoms with E-state index in [2.05, 4.69) is 33.4 Å². The van der Waals surface area contributed by atoms with Crippen LogP contribution in [-0.4, -0.2) is 88.0 Å². The SMILES string of the molecule is CC(CCCCCCCCC(=O)NCCC[N+](C)(C)C)SOC(=O)C[N+](C)(C)C. The first-order valence-electron chi connectivity index (χ1n) is 11.1. The predicted molar refractivity (Wildman–Crippen MR) is 124 cm³/mol. The molecule has 0 saturated carbocycles. The molecule has 0 aliphatic carbocycles. The number of nitrogens with zero attached hydrogens (tertiary/aromatic N) is 2. The minimum absolute atomic E-state index is 0.147. The van der Waals surface area contributed by atoms with Gasteiger partial charge in [-0.2, -0.15) is 0 Å². The highest BCUT2D eigenvalue weighted by Gasteiger charge is 2.17. The lowest BCUT2D eigenvalue weighted by Gasteiger charge is -2.23. The highest BCUT2D eigenvalue weighted by molar-refractivity contribution is 7.95. The number of rotatable bonds is 17. The molecule has 0 spiro atoms. The molecule has 0 aromatic carbocycles. The van der Waals surface area contributed by atoms with E-state index in [4.69, 9.17) is 4.18 Å². The first-order valence-corrected chi connectivity index (χ1v) is 11.9. The van der Waals surface area contributed by atoms with E-state index in [9.17, 15) is 9.59 Å². The molecule has 0 fully saturated rings. The zero-order valence-electron chi connectivity index (χ0n) is 20.1. The fourth-order valence-corrected chi connectivity index (χ4v) is 3.48. The Morgan fingerprint density at radius 2 is 1.45 bits per heavy atom. The van der Waals surface area contributed by atoms with E-state index in [1.54, 1.807) is 0 Å². The van der Waals surface area contributed by atoms with Crippen LogP contribution in [0.2, 0.25) is 0 Å². The van der Waals surface area contributed by atoms with Gasteiger partial charge in [-0.25, -0.2) is 4.79 Å². The molecule has 1 amide bonds. The molecule has 0 aliphatic rings. The van der Waals surface area contributed by atoms with Crippen molar-refractivity contribution in [3.63, 3.8) is 0 Å². The third kappa shape index (κ3) is 21.7. The number of amides is 1. The Labute approximate surface area is 184 Å². The summed E-state index contributed by atoms with van der Waals surface area (Å²) in [4.78, 5) is 23.5. The fraction of sp³-hybridized carbons (Fsp3) is 0.909. The Morgan fingerprint density at radius 3 is 2.03 bits per heavy atom. The van der Waals surface area contributed by atoms with E-state index in [0.29, 0.717) is 22.7 Å². The standard InChI is InChI=1S/C22H46N3O3S/c1-20(29-28-22(27)19-25(5,6)7)15-12-10-8-9-11-13-16-21(26)23-17-14-18-24(2,3)4/h20H,8-19H2,1-7H3/q+1/p+1. The molecule has 0 bridgehead atoms. The van der Waals surface area contributed by atoms with E-state index in [1.165, 1.54) is 31.3 Å². The van der Waals surface area contributed by atoms with Crippen LogP contribution in [0.3, 0.4) is 0 Å². The lowest BCUT2D eigenvalue weighted by Crippen LogP contribution is -2.39. The molecule has 0 aromatic rings. The third-order valence-electron chi connectivity index (χ3n) is 4.50. The highest BCUT2D eigenvalue weighted by atomic mass is 32.2. The average Bonchev–Trinajstić information content (AvgIpc) is 2.57. The average molecular weight is 434 g/mol. The van der Waals surface area contributed by atoms with Crippen molar-refractivity contribution in [2.75, 3.05) is 61.9 Å². The molecular weight excluding hydrogens is 386 g/mol. The van der Waals surface area contributed by atoms with Crippen LogP contribution in [0.25, 0.3) is 0 Å². The van der Waals surface area contributed by atoms with Crippen molar-refractivity contribution >= 4 is 23.9 Å². The van der Waals surface area contributed by atoms with Crippen LogP contribution in [0.4, 0.5) is 0 Å². The molecule has 1 N–H and O–H groups in total. The van der Waals surface area contributed by atoms with Gasteiger partial charge in [-0.1, -0.05) is 39.0 Å². The van der Waals surface area contributed by atoms with Gasteiger partial charge in [-0.3, -0.25) is 4.79 Å². The maximum absolute atomic E-state index is 11.8. The van der Waals surface area contributed by atoms with Gasteiger partial charge in [0.1, 0.15) is 0 Å². The van der Waals surface area contributed by atoms with E-state index in [-0.39, 0.29) is 11.9 Å². The van der Waals surface area contributed by atoms with Gasteiger partial charge in [0.25, 0.3) is 0 Å². The highest BCUT2D eigenvalue weighted by Crippen LogP contribution is 2.19. The number of likely N-dealkylation sites (N-methyl/N-ethyl adjacent to an activating group) is 1. The minimum Gasteiger partial charge on any atom is -0.387 e. The molecule has 6 nitrogen and oxygen atoms in total. The number of unbranched alkanes of at least 4 members (excludes halogenated alkanes) is 5. The normalized spacial score (nSPS) is 13.2. The van der Waals surface area contributed by atoms with Crippen molar-refractivity contribution in [2.45, 2.75) is 70.0 Å². The lowest BCUT2D eigenvalue weighted by molar-refractivity contribution is -0.870. The van der Waals surface area contributed by atoms with Crippen molar-refractivity contribution < 1.29 is 22.7 Å². The molecule has 29 heavy (non-hydrogen) atoms. The second-order valence-electron chi connectivity index (χ2n) is 10.2. The number of hydrogen-bond acceptors (Lipinski definition) is 4.